The Morgan fingerprint density at radius 2 is 1.66 bits per heavy atom. The van der Waals surface area contributed by atoms with Crippen LogP contribution in [0.15, 0.2) is 84.7 Å². The zero-order chi connectivity index (χ0) is 36.0. The number of ether oxygens (including phenoxy) is 1. The predicted molar refractivity (Wildman–Crippen MR) is 197 cm³/mol. The number of aromatic hydroxyl groups is 1. The van der Waals surface area contributed by atoms with Crippen LogP contribution in [-0.2, 0) is 27.3 Å². The van der Waals surface area contributed by atoms with E-state index in [-0.39, 0.29) is 12.2 Å². The number of aldehydes is 1. The Morgan fingerprint density at radius 3 is 2.30 bits per heavy atom. The first kappa shape index (κ1) is 37.3. The van der Waals surface area contributed by atoms with Gasteiger partial charge in [-0.1, -0.05) is 30.3 Å². The van der Waals surface area contributed by atoms with Gasteiger partial charge in [0.2, 0.25) is 12.3 Å². The lowest BCUT2D eigenvalue weighted by Gasteiger charge is -2.36. The van der Waals surface area contributed by atoms with Gasteiger partial charge >= 0.3 is 0 Å². The Bertz CT molecular complexity index is 1650. The van der Waals surface area contributed by atoms with E-state index >= 15 is 0 Å². The largest absolute Gasteiger partial charge is 0.507 e. The summed E-state index contributed by atoms with van der Waals surface area (Å²) in [4.78, 5) is 42.5. The van der Waals surface area contributed by atoms with Gasteiger partial charge in [-0.3, -0.25) is 14.5 Å². The molecule has 3 aromatic carbocycles. The molecule has 3 aromatic rings. The second kappa shape index (κ2) is 18.3. The van der Waals surface area contributed by atoms with Crippen molar-refractivity contribution in [1.29, 1.82) is 0 Å². The summed E-state index contributed by atoms with van der Waals surface area (Å²) in [5, 5.41) is 10.1. The minimum absolute atomic E-state index is 0.135. The number of amides is 2. The predicted octanol–water partition coefficient (Wildman–Crippen LogP) is 3.18. The fourth-order valence-electron chi connectivity index (χ4n) is 6.06. The van der Waals surface area contributed by atoms with E-state index in [1.165, 1.54) is 10.5 Å². The number of phenolic OH excluding ortho intramolecular Hbond substituents is 1. The number of hydrogen-bond acceptors (Lipinski definition) is 10. The highest BCUT2D eigenvalue weighted by atomic mass is 16.5. The van der Waals surface area contributed by atoms with Gasteiger partial charge in [-0.25, -0.2) is 0 Å². The number of carbonyl (C=O) groups excluding carboxylic acids is 3. The van der Waals surface area contributed by atoms with Crippen LogP contribution in [0, 0.1) is 0 Å². The number of anilines is 2. The molecule has 2 amide bonds. The van der Waals surface area contributed by atoms with Gasteiger partial charge in [-0.05, 0) is 72.9 Å². The summed E-state index contributed by atoms with van der Waals surface area (Å²) in [5.41, 5.74) is 23.3. The molecule has 0 spiro atoms. The molecule has 0 aromatic heterocycles. The first-order valence-corrected chi connectivity index (χ1v) is 16.8. The van der Waals surface area contributed by atoms with E-state index in [0.29, 0.717) is 35.7 Å². The Balaban J connectivity index is 1.25. The molecule has 0 bridgehead atoms. The van der Waals surface area contributed by atoms with E-state index in [4.69, 9.17) is 21.9 Å². The normalized spacial score (nSPS) is 14.6. The zero-order valence-electron chi connectivity index (χ0n) is 28.9. The number of nitrogens with zero attached hydrogens (tertiary/aromatic N) is 4. The Hall–Kier alpha value is -5.49. The molecule has 1 atom stereocenters. The number of carbonyl (C=O) groups is 3. The van der Waals surface area contributed by atoms with Crippen LogP contribution in [0.1, 0.15) is 36.0 Å². The van der Waals surface area contributed by atoms with E-state index in [1.54, 1.807) is 43.4 Å². The molecule has 0 radical (unpaired) electrons. The number of rotatable bonds is 18. The second-order valence-corrected chi connectivity index (χ2v) is 12.4. The second-order valence-electron chi connectivity index (χ2n) is 12.4. The van der Waals surface area contributed by atoms with Crippen LogP contribution in [0.3, 0.4) is 0 Å². The summed E-state index contributed by atoms with van der Waals surface area (Å²) >= 11 is 0. The van der Waals surface area contributed by atoms with Crippen molar-refractivity contribution in [2.75, 3.05) is 56.7 Å². The molecule has 50 heavy (non-hydrogen) atoms. The lowest BCUT2D eigenvalue weighted by atomic mass is 10.0. The van der Waals surface area contributed by atoms with E-state index in [0.717, 1.165) is 75.3 Å². The average Bonchev–Trinajstić information content (AvgIpc) is 3.13. The molecule has 266 valence electrons. The van der Waals surface area contributed by atoms with Crippen LogP contribution in [0.2, 0.25) is 0 Å². The molecule has 12 heteroatoms. The van der Waals surface area contributed by atoms with Crippen LogP contribution in [-0.4, -0.2) is 86.4 Å². The van der Waals surface area contributed by atoms with Crippen molar-refractivity contribution >= 4 is 35.7 Å². The Morgan fingerprint density at radius 1 is 0.960 bits per heavy atom. The fourth-order valence-corrected chi connectivity index (χ4v) is 6.06. The van der Waals surface area contributed by atoms with Crippen LogP contribution >= 0.6 is 0 Å². The van der Waals surface area contributed by atoms with Crippen LogP contribution < -0.4 is 31.7 Å². The minimum atomic E-state index is -0.673. The summed E-state index contributed by atoms with van der Waals surface area (Å²) in [5.74, 6) is 0.408. The summed E-state index contributed by atoms with van der Waals surface area (Å²) in [7, 11) is 3.40. The maximum atomic E-state index is 12.1. The van der Waals surface area contributed by atoms with Gasteiger partial charge in [0, 0.05) is 70.7 Å². The van der Waals surface area contributed by atoms with Crippen molar-refractivity contribution < 1.29 is 24.2 Å². The molecule has 4 rings (SSSR count). The number of benzene rings is 3. The van der Waals surface area contributed by atoms with Gasteiger partial charge < -0.3 is 46.5 Å². The highest BCUT2D eigenvalue weighted by Gasteiger charge is 2.24. The van der Waals surface area contributed by atoms with Crippen molar-refractivity contribution in [3.8, 4) is 11.5 Å². The first-order chi connectivity index (χ1) is 24.1. The SMILES string of the molecule is CN(C=O)c1cc(CCCOc2ccc(CN3CCN(C(/C=C(\N)c4ccccc4O)=C/N)CC3)cc2)ccc1N(C)C(CCC=O)C(N)=O. The molecule has 1 heterocycles. The smallest absolute Gasteiger partial charge is 0.240 e. The topological polar surface area (TPSA) is 172 Å². The Labute approximate surface area is 294 Å². The minimum Gasteiger partial charge on any atom is -0.507 e. The number of para-hydroxylation sites is 1. The monoisotopic (exact) mass is 683 g/mol. The number of allylic oxidation sites excluding steroid dienone is 1. The highest BCUT2D eigenvalue weighted by molar-refractivity contribution is 5.89. The maximum Gasteiger partial charge on any atom is 0.240 e. The highest BCUT2D eigenvalue weighted by Crippen LogP contribution is 2.31. The van der Waals surface area contributed by atoms with Gasteiger partial charge in [0.1, 0.15) is 23.8 Å². The molecule has 1 aliphatic rings. The molecule has 1 fully saturated rings. The zero-order valence-corrected chi connectivity index (χ0v) is 28.9. The summed E-state index contributed by atoms with van der Waals surface area (Å²) in [6.07, 6.45) is 6.86. The van der Waals surface area contributed by atoms with E-state index < -0.39 is 11.9 Å². The molecule has 1 saturated heterocycles. The van der Waals surface area contributed by atoms with Crippen molar-refractivity contribution in [3.05, 3.63) is 101 Å². The summed E-state index contributed by atoms with van der Waals surface area (Å²) < 4.78 is 6.03. The number of phenols is 1. The quantitative estimate of drug-likeness (QED) is 0.0887. The molecular weight excluding hydrogens is 634 g/mol. The van der Waals surface area contributed by atoms with Crippen molar-refractivity contribution in [2.24, 2.45) is 17.2 Å². The number of piperazine rings is 1. The standard InChI is InChI=1S/C38H49N7O5/c1-42(27-47)36-23-28(13-16-34(36)43(2)35(38(41)49)9-5-21-46)7-6-22-50-31-14-11-29(12-15-31)26-44-17-19-45(20-18-44)30(25-39)24-33(40)32-8-3-4-10-37(32)48/h3-4,8,10-16,21,23-25,27,35,48H,5-7,9,17-20,22,26,39-40H2,1-2H3,(H2,41,49)/b30-25+,33-24-. The average molecular weight is 684 g/mol. The number of nitrogens with two attached hydrogens (primary N) is 3. The van der Waals surface area contributed by atoms with E-state index in [2.05, 4.69) is 21.9 Å². The van der Waals surface area contributed by atoms with Crippen molar-refractivity contribution in [2.45, 2.75) is 38.3 Å². The lowest BCUT2D eigenvalue weighted by Crippen LogP contribution is -2.45. The van der Waals surface area contributed by atoms with Gasteiger partial charge in [-0.15, -0.1) is 0 Å². The summed E-state index contributed by atoms with van der Waals surface area (Å²) in [6, 6.07) is 20.3. The third-order valence-corrected chi connectivity index (χ3v) is 8.95. The summed E-state index contributed by atoms with van der Waals surface area (Å²) in [6.45, 7) is 4.69. The fraction of sp³-hybridized carbons (Fsp3) is 0.342. The van der Waals surface area contributed by atoms with Crippen LogP contribution in [0.25, 0.3) is 5.70 Å². The maximum absolute atomic E-state index is 12.1. The molecule has 7 N–H and O–H groups in total. The van der Waals surface area contributed by atoms with E-state index in [9.17, 15) is 19.5 Å². The molecule has 1 aliphatic heterocycles. The third kappa shape index (κ3) is 10.0. The third-order valence-electron chi connectivity index (χ3n) is 8.95. The van der Waals surface area contributed by atoms with Gasteiger partial charge in [0.25, 0.3) is 0 Å². The van der Waals surface area contributed by atoms with Crippen molar-refractivity contribution in [1.82, 2.24) is 9.80 Å². The molecule has 0 aliphatic carbocycles. The van der Waals surface area contributed by atoms with Crippen molar-refractivity contribution in [3.63, 3.8) is 0 Å². The Kier molecular flexibility index (Phi) is 13.7. The van der Waals surface area contributed by atoms with Gasteiger partial charge in [-0.2, -0.15) is 0 Å². The van der Waals surface area contributed by atoms with Crippen LogP contribution in [0.4, 0.5) is 11.4 Å². The molecule has 12 nitrogen and oxygen atoms in total. The lowest BCUT2D eigenvalue weighted by molar-refractivity contribution is -0.119. The van der Waals surface area contributed by atoms with E-state index in [1.807, 2.05) is 42.5 Å². The molecule has 0 saturated carbocycles. The van der Waals surface area contributed by atoms with Gasteiger partial charge in [0.15, 0.2) is 0 Å². The molecular formula is C38H49N7O5. The number of primary amides is 1. The molecule has 1 unspecified atom stereocenters. The number of aryl methyl sites for hydroxylation is 1. The van der Waals surface area contributed by atoms with Crippen LogP contribution in [0.5, 0.6) is 11.5 Å². The number of likely N-dealkylation sites (N-methyl/N-ethyl adjacent to an activating group) is 1. The first-order valence-electron chi connectivity index (χ1n) is 16.8. The van der Waals surface area contributed by atoms with Gasteiger partial charge in [0.05, 0.1) is 23.7 Å². The number of hydrogen-bond donors (Lipinski definition) is 4.